The number of rotatable bonds is 3. The van der Waals surface area contributed by atoms with Crippen molar-refractivity contribution in [3.05, 3.63) is 47.9 Å². The van der Waals surface area contributed by atoms with E-state index < -0.39 is 11.7 Å². The minimum atomic E-state index is -4.46. The maximum Gasteiger partial charge on any atom is 0.418 e. The summed E-state index contributed by atoms with van der Waals surface area (Å²) in [5.74, 6) is 0.644. The smallest absolute Gasteiger partial charge is 0.418 e. The molecule has 0 spiro atoms. The number of alkyl halides is 3. The average molecular weight is 270 g/mol. The summed E-state index contributed by atoms with van der Waals surface area (Å²) in [4.78, 5) is 0. The summed E-state index contributed by atoms with van der Waals surface area (Å²) in [5.41, 5.74) is 4.54. The lowest BCUT2D eigenvalue weighted by molar-refractivity contribution is -0.136. The third-order valence-corrected chi connectivity index (χ3v) is 2.71. The maximum absolute atomic E-state index is 12.7. The van der Waals surface area contributed by atoms with Crippen molar-refractivity contribution in [3.8, 4) is 0 Å². The molecule has 0 bridgehead atoms. The highest BCUT2D eigenvalue weighted by atomic mass is 19.4. The van der Waals surface area contributed by atoms with E-state index in [2.05, 4.69) is 5.32 Å². The van der Waals surface area contributed by atoms with E-state index >= 15 is 0 Å². The van der Waals surface area contributed by atoms with E-state index in [1.54, 1.807) is 19.1 Å². The second-order valence-electron chi connectivity index (χ2n) is 4.18. The van der Waals surface area contributed by atoms with Gasteiger partial charge in [-0.1, -0.05) is 0 Å². The van der Waals surface area contributed by atoms with E-state index in [0.29, 0.717) is 11.4 Å². The van der Waals surface area contributed by atoms with Crippen LogP contribution < -0.4 is 11.1 Å². The summed E-state index contributed by atoms with van der Waals surface area (Å²) in [7, 11) is 0. The summed E-state index contributed by atoms with van der Waals surface area (Å²) in [6, 6.07) is 6.97. The third kappa shape index (κ3) is 3.01. The zero-order valence-electron chi connectivity index (χ0n) is 10.2. The molecule has 0 saturated heterocycles. The van der Waals surface area contributed by atoms with Gasteiger partial charge in [0, 0.05) is 11.4 Å². The lowest BCUT2D eigenvalue weighted by Gasteiger charge is -2.16. The number of nitrogen functional groups attached to an aromatic ring is 1. The molecule has 0 saturated carbocycles. The molecule has 1 aromatic heterocycles. The zero-order chi connectivity index (χ0) is 14.0. The summed E-state index contributed by atoms with van der Waals surface area (Å²) in [6.07, 6.45) is -2.95. The molecule has 0 fully saturated rings. The Bertz CT molecular complexity index is 550. The van der Waals surface area contributed by atoms with E-state index in [1.807, 2.05) is 0 Å². The number of nitrogens with two attached hydrogens (primary N) is 1. The summed E-state index contributed by atoms with van der Waals surface area (Å²) in [5, 5.41) is 2.93. The molecular formula is C13H13F3N2O. The van der Waals surface area contributed by atoms with Crippen LogP contribution in [0.4, 0.5) is 24.5 Å². The van der Waals surface area contributed by atoms with E-state index in [1.165, 1.54) is 18.4 Å². The van der Waals surface area contributed by atoms with Crippen molar-refractivity contribution in [2.75, 3.05) is 11.1 Å². The third-order valence-electron chi connectivity index (χ3n) is 2.71. The minimum Gasteiger partial charge on any atom is -0.467 e. The first kappa shape index (κ1) is 13.3. The van der Waals surface area contributed by atoms with Crippen LogP contribution in [0.2, 0.25) is 0 Å². The van der Waals surface area contributed by atoms with Crippen molar-refractivity contribution in [3.63, 3.8) is 0 Å². The van der Waals surface area contributed by atoms with Gasteiger partial charge in [-0.2, -0.15) is 13.2 Å². The normalized spacial score (nSPS) is 13.3. The van der Waals surface area contributed by atoms with Crippen molar-refractivity contribution in [2.24, 2.45) is 0 Å². The number of furan rings is 1. The van der Waals surface area contributed by atoms with Crippen LogP contribution in [-0.2, 0) is 6.18 Å². The molecular weight excluding hydrogens is 257 g/mol. The lowest BCUT2D eigenvalue weighted by atomic mass is 10.1. The van der Waals surface area contributed by atoms with Crippen LogP contribution in [0.15, 0.2) is 41.0 Å². The van der Waals surface area contributed by atoms with Gasteiger partial charge in [-0.3, -0.25) is 0 Å². The number of benzene rings is 1. The number of hydrogen-bond donors (Lipinski definition) is 2. The molecule has 2 rings (SSSR count). The lowest BCUT2D eigenvalue weighted by Crippen LogP contribution is -2.11. The number of nitrogens with one attached hydrogen (secondary N) is 1. The molecule has 3 N–H and O–H groups in total. The molecule has 1 heterocycles. The highest BCUT2D eigenvalue weighted by Crippen LogP contribution is 2.35. The van der Waals surface area contributed by atoms with Crippen LogP contribution in [0.5, 0.6) is 0 Å². The van der Waals surface area contributed by atoms with Gasteiger partial charge in [0.2, 0.25) is 0 Å². The molecule has 6 heteroatoms. The van der Waals surface area contributed by atoms with Crippen LogP contribution in [0.1, 0.15) is 24.3 Å². The van der Waals surface area contributed by atoms with E-state index in [4.69, 9.17) is 10.2 Å². The topological polar surface area (TPSA) is 51.2 Å². The van der Waals surface area contributed by atoms with Crippen LogP contribution in [0.3, 0.4) is 0 Å². The van der Waals surface area contributed by atoms with Crippen LogP contribution >= 0.6 is 0 Å². The SMILES string of the molecule is CC(Nc1ccc(N)c(C(F)(F)F)c1)c1ccco1. The fourth-order valence-corrected chi connectivity index (χ4v) is 1.75. The average Bonchev–Trinajstić information content (AvgIpc) is 2.83. The molecule has 1 aromatic carbocycles. The molecule has 1 atom stereocenters. The van der Waals surface area contributed by atoms with Crippen molar-refractivity contribution in [1.82, 2.24) is 0 Å². The number of anilines is 2. The van der Waals surface area contributed by atoms with Gasteiger partial charge in [0.1, 0.15) is 5.76 Å². The first-order valence-electron chi connectivity index (χ1n) is 5.64. The van der Waals surface area contributed by atoms with Crippen LogP contribution in [0, 0.1) is 0 Å². The Morgan fingerprint density at radius 2 is 2.00 bits per heavy atom. The predicted molar refractivity (Wildman–Crippen MR) is 66.6 cm³/mol. The van der Waals surface area contributed by atoms with Gasteiger partial charge >= 0.3 is 6.18 Å². The molecule has 0 aliphatic rings. The van der Waals surface area contributed by atoms with Gasteiger partial charge in [0.25, 0.3) is 0 Å². The van der Waals surface area contributed by atoms with Gasteiger partial charge in [0.05, 0.1) is 17.9 Å². The summed E-state index contributed by atoms with van der Waals surface area (Å²) in [6.45, 7) is 1.79. The van der Waals surface area contributed by atoms with E-state index in [0.717, 1.165) is 6.07 Å². The van der Waals surface area contributed by atoms with Gasteiger partial charge in [-0.25, -0.2) is 0 Å². The predicted octanol–water partition coefficient (Wildman–Crippen LogP) is 4.05. The van der Waals surface area contributed by atoms with Gasteiger partial charge in [-0.05, 0) is 37.3 Å². The molecule has 0 aliphatic carbocycles. The van der Waals surface area contributed by atoms with E-state index in [9.17, 15) is 13.2 Å². The Morgan fingerprint density at radius 1 is 1.26 bits per heavy atom. The van der Waals surface area contributed by atoms with Gasteiger partial charge in [-0.15, -0.1) is 0 Å². The molecule has 0 amide bonds. The number of hydrogen-bond acceptors (Lipinski definition) is 3. The standard InChI is InChI=1S/C13H13F3N2O/c1-8(12-3-2-6-19-12)18-9-4-5-11(17)10(7-9)13(14,15)16/h2-8,18H,17H2,1H3. The highest BCUT2D eigenvalue weighted by Gasteiger charge is 2.33. The minimum absolute atomic E-state index is 0.236. The molecule has 3 nitrogen and oxygen atoms in total. The monoisotopic (exact) mass is 270 g/mol. The molecule has 1 unspecified atom stereocenters. The van der Waals surface area contributed by atoms with E-state index in [-0.39, 0.29) is 11.7 Å². The molecule has 102 valence electrons. The van der Waals surface area contributed by atoms with Crippen LogP contribution in [0.25, 0.3) is 0 Å². The Labute approximate surface area is 108 Å². The molecule has 19 heavy (non-hydrogen) atoms. The van der Waals surface area contributed by atoms with Gasteiger partial charge < -0.3 is 15.5 Å². The number of halogens is 3. The van der Waals surface area contributed by atoms with Crippen molar-refractivity contribution < 1.29 is 17.6 Å². The molecule has 0 radical (unpaired) electrons. The largest absolute Gasteiger partial charge is 0.467 e. The maximum atomic E-state index is 12.7. The Morgan fingerprint density at radius 3 is 2.58 bits per heavy atom. The van der Waals surface area contributed by atoms with Crippen molar-refractivity contribution >= 4 is 11.4 Å². The Hall–Kier alpha value is -2.11. The second-order valence-corrected chi connectivity index (χ2v) is 4.18. The van der Waals surface area contributed by atoms with Crippen LogP contribution in [-0.4, -0.2) is 0 Å². The fourth-order valence-electron chi connectivity index (χ4n) is 1.75. The first-order chi connectivity index (χ1) is 8.88. The quantitative estimate of drug-likeness (QED) is 0.827. The fraction of sp³-hybridized carbons (Fsp3) is 0.231. The zero-order valence-corrected chi connectivity index (χ0v) is 10.2. The second kappa shape index (κ2) is 4.87. The van der Waals surface area contributed by atoms with Gasteiger partial charge in [0.15, 0.2) is 0 Å². The highest BCUT2D eigenvalue weighted by molar-refractivity contribution is 5.58. The molecule has 0 aliphatic heterocycles. The summed E-state index contributed by atoms with van der Waals surface area (Å²) >= 11 is 0. The Kier molecular flexibility index (Phi) is 3.42. The molecule has 2 aromatic rings. The first-order valence-corrected chi connectivity index (χ1v) is 5.64. The summed E-state index contributed by atoms with van der Waals surface area (Å²) < 4.78 is 43.3. The Balaban J connectivity index is 2.22. The van der Waals surface area contributed by atoms with Crippen molar-refractivity contribution in [1.29, 1.82) is 0 Å². The van der Waals surface area contributed by atoms with Crippen molar-refractivity contribution in [2.45, 2.75) is 19.1 Å².